The minimum absolute atomic E-state index is 0.236. The third-order valence-corrected chi connectivity index (χ3v) is 4.11. The van der Waals surface area contributed by atoms with Crippen LogP contribution in [0.4, 0.5) is 13.2 Å². The second-order valence-electron chi connectivity index (χ2n) is 6.56. The van der Waals surface area contributed by atoms with Gasteiger partial charge in [-0.05, 0) is 38.0 Å². The molecule has 1 aliphatic rings. The number of likely N-dealkylation sites (tertiary alicyclic amines) is 1. The fraction of sp³-hybridized carbons (Fsp3) is 0.933. The lowest BCUT2D eigenvalue weighted by Crippen LogP contribution is -2.52. The summed E-state index contributed by atoms with van der Waals surface area (Å²) in [7, 11) is 0. The zero-order valence-corrected chi connectivity index (χ0v) is 13.0. The molecule has 3 atom stereocenters. The summed E-state index contributed by atoms with van der Waals surface area (Å²) in [5.41, 5.74) is 0. The van der Waals surface area contributed by atoms with Crippen molar-refractivity contribution in [2.24, 2.45) is 11.8 Å². The molecule has 6 heteroatoms. The van der Waals surface area contributed by atoms with E-state index in [0.29, 0.717) is 18.9 Å². The Hall–Kier alpha value is -0.780. The lowest BCUT2D eigenvalue weighted by atomic mass is 9.86. The third kappa shape index (κ3) is 6.24. The molecule has 1 saturated heterocycles. The van der Waals surface area contributed by atoms with Crippen molar-refractivity contribution < 1.29 is 23.1 Å². The van der Waals surface area contributed by atoms with Crippen molar-refractivity contribution in [3.05, 3.63) is 0 Å². The highest BCUT2D eigenvalue weighted by atomic mass is 19.4. The van der Waals surface area contributed by atoms with Gasteiger partial charge in [0, 0.05) is 6.54 Å². The Bertz CT molecular complexity index is 342. The number of carbonyl (C=O) groups is 1. The Kier molecular flexibility index (Phi) is 6.50. The molecule has 1 fully saturated rings. The molecular weight excluding hydrogens is 283 g/mol. The quantitative estimate of drug-likeness (QED) is 0.846. The summed E-state index contributed by atoms with van der Waals surface area (Å²) >= 11 is 0. The smallest absolute Gasteiger partial charge is 0.391 e. The average Bonchev–Trinajstić information content (AvgIpc) is 2.33. The number of alkyl halides is 3. The van der Waals surface area contributed by atoms with E-state index in [0.717, 1.165) is 19.3 Å². The van der Waals surface area contributed by atoms with E-state index in [1.54, 1.807) is 0 Å². The maximum atomic E-state index is 12.4. The van der Waals surface area contributed by atoms with Gasteiger partial charge >= 0.3 is 6.18 Å². The van der Waals surface area contributed by atoms with Gasteiger partial charge in [-0.2, -0.15) is 13.2 Å². The van der Waals surface area contributed by atoms with Gasteiger partial charge < -0.3 is 10.0 Å². The van der Waals surface area contributed by atoms with Crippen LogP contribution in [0.3, 0.4) is 0 Å². The van der Waals surface area contributed by atoms with Crippen LogP contribution < -0.4 is 0 Å². The summed E-state index contributed by atoms with van der Waals surface area (Å²) in [6.45, 7) is 6.08. The van der Waals surface area contributed by atoms with E-state index < -0.39 is 30.7 Å². The molecule has 3 nitrogen and oxygen atoms in total. The first kappa shape index (κ1) is 18.3. The maximum absolute atomic E-state index is 12.4. The number of aliphatic hydroxyl groups excluding tert-OH is 1. The van der Waals surface area contributed by atoms with Crippen LogP contribution >= 0.6 is 0 Å². The number of nitrogens with zero attached hydrogens (tertiary/aromatic N) is 1. The van der Waals surface area contributed by atoms with Crippen LogP contribution in [0.2, 0.25) is 0 Å². The minimum Gasteiger partial charge on any atom is -0.391 e. The fourth-order valence-electron chi connectivity index (χ4n) is 2.93. The molecule has 1 N–H and O–H groups in total. The minimum atomic E-state index is -4.49. The largest absolute Gasteiger partial charge is 0.397 e. The van der Waals surface area contributed by atoms with E-state index in [1.807, 2.05) is 0 Å². The summed E-state index contributed by atoms with van der Waals surface area (Å²) in [6, 6.07) is -0.491. The zero-order valence-electron chi connectivity index (χ0n) is 13.0. The normalized spacial score (nSPS) is 25.2. The van der Waals surface area contributed by atoms with Crippen molar-refractivity contribution in [1.82, 2.24) is 4.90 Å². The summed E-state index contributed by atoms with van der Waals surface area (Å²) in [4.78, 5) is 13.2. The van der Waals surface area contributed by atoms with Crippen molar-refractivity contribution in [1.29, 1.82) is 0 Å². The predicted molar refractivity (Wildman–Crippen MR) is 74.6 cm³/mol. The van der Waals surface area contributed by atoms with Gasteiger partial charge in [0.25, 0.3) is 0 Å². The Balaban J connectivity index is 2.70. The van der Waals surface area contributed by atoms with Crippen molar-refractivity contribution >= 4 is 5.91 Å². The van der Waals surface area contributed by atoms with Gasteiger partial charge in [0.15, 0.2) is 0 Å². The molecule has 0 saturated carbocycles. The molecule has 1 aliphatic heterocycles. The molecule has 0 aromatic rings. The first-order valence-corrected chi connectivity index (χ1v) is 7.64. The van der Waals surface area contributed by atoms with E-state index in [1.165, 1.54) is 11.8 Å². The van der Waals surface area contributed by atoms with Gasteiger partial charge in [0.1, 0.15) is 6.42 Å². The van der Waals surface area contributed by atoms with Crippen LogP contribution in [0.15, 0.2) is 0 Å². The van der Waals surface area contributed by atoms with Crippen molar-refractivity contribution in [2.45, 2.75) is 71.2 Å². The number of carbonyl (C=O) groups excluding carboxylic acids is 1. The van der Waals surface area contributed by atoms with Crippen LogP contribution in [-0.4, -0.2) is 40.8 Å². The molecule has 0 bridgehead atoms. The molecule has 1 amide bonds. The molecular formula is C15H26F3NO2. The zero-order chi connectivity index (χ0) is 16.2. The van der Waals surface area contributed by atoms with Gasteiger partial charge in [-0.15, -0.1) is 0 Å². The van der Waals surface area contributed by atoms with Crippen molar-refractivity contribution in [3.63, 3.8) is 0 Å². The highest BCUT2D eigenvalue weighted by Crippen LogP contribution is 2.30. The predicted octanol–water partition coefficient (Wildman–Crippen LogP) is 3.36. The second kappa shape index (κ2) is 7.47. The summed E-state index contributed by atoms with van der Waals surface area (Å²) in [5.74, 6) is -0.138. The Morgan fingerprint density at radius 3 is 2.38 bits per heavy atom. The first-order valence-electron chi connectivity index (χ1n) is 7.64. The van der Waals surface area contributed by atoms with Gasteiger partial charge in [-0.3, -0.25) is 4.79 Å². The van der Waals surface area contributed by atoms with Crippen LogP contribution in [0.25, 0.3) is 0 Å². The molecule has 2 unspecified atom stereocenters. The summed E-state index contributed by atoms with van der Waals surface area (Å²) < 4.78 is 37.3. The molecule has 1 heterocycles. The van der Waals surface area contributed by atoms with E-state index in [-0.39, 0.29) is 5.92 Å². The Labute approximate surface area is 124 Å². The van der Waals surface area contributed by atoms with E-state index in [9.17, 15) is 23.1 Å². The van der Waals surface area contributed by atoms with Crippen molar-refractivity contribution in [3.8, 4) is 0 Å². The molecule has 0 aromatic carbocycles. The molecule has 1 rings (SSSR count). The maximum Gasteiger partial charge on any atom is 0.397 e. The number of hydrogen-bond donors (Lipinski definition) is 1. The SMILES string of the molecule is CC(C)CCC1CCC([C@H](C)O)N(C(=O)CC(F)(F)F)C1. The summed E-state index contributed by atoms with van der Waals surface area (Å²) in [5, 5.41) is 9.72. The number of halogens is 3. The van der Waals surface area contributed by atoms with Gasteiger partial charge in [0.2, 0.25) is 5.91 Å². The van der Waals surface area contributed by atoms with E-state index in [4.69, 9.17) is 0 Å². The lowest BCUT2D eigenvalue weighted by Gasteiger charge is -2.41. The first-order chi connectivity index (χ1) is 9.60. The fourth-order valence-corrected chi connectivity index (χ4v) is 2.93. The van der Waals surface area contributed by atoms with Crippen LogP contribution in [0.5, 0.6) is 0 Å². The average molecular weight is 309 g/mol. The molecule has 0 aromatic heterocycles. The van der Waals surface area contributed by atoms with Crippen molar-refractivity contribution in [2.75, 3.05) is 6.54 Å². The monoisotopic (exact) mass is 309 g/mol. The summed E-state index contributed by atoms with van der Waals surface area (Å²) in [6.07, 6.45) is -3.38. The standard InChI is InChI=1S/C15H26F3NO2/c1-10(2)4-5-12-6-7-13(11(3)20)19(9-12)14(21)8-15(16,17)18/h10-13,20H,4-9H2,1-3H3/t11-,12?,13?/m0/s1. The van der Waals surface area contributed by atoms with Gasteiger partial charge in [-0.1, -0.05) is 20.3 Å². The highest BCUT2D eigenvalue weighted by molar-refractivity contribution is 5.77. The highest BCUT2D eigenvalue weighted by Gasteiger charge is 2.39. The number of aliphatic hydroxyl groups is 1. The topological polar surface area (TPSA) is 40.5 Å². The van der Waals surface area contributed by atoms with Gasteiger partial charge in [-0.25, -0.2) is 0 Å². The third-order valence-electron chi connectivity index (χ3n) is 4.11. The lowest BCUT2D eigenvalue weighted by molar-refractivity contribution is -0.167. The number of hydrogen-bond acceptors (Lipinski definition) is 2. The molecule has 0 spiro atoms. The second-order valence-corrected chi connectivity index (χ2v) is 6.56. The molecule has 0 radical (unpaired) electrons. The van der Waals surface area contributed by atoms with Crippen LogP contribution in [0.1, 0.15) is 52.9 Å². The van der Waals surface area contributed by atoms with Gasteiger partial charge in [0.05, 0.1) is 12.1 Å². The molecule has 0 aliphatic carbocycles. The van der Waals surface area contributed by atoms with Crippen LogP contribution in [0, 0.1) is 11.8 Å². The Morgan fingerprint density at radius 2 is 1.90 bits per heavy atom. The van der Waals surface area contributed by atoms with Crippen LogP contribution in [-0.2, 0) is 4.79 Å². The van der Waals surface area contributed by atoms with E-state index >= 15 is 0 Å². The van der Waals surface area contributed by atoms with E-state index in [2.05, 4.69) is 13.8 Å². The Morgan fingerprint density at radius 1 is 1.29 bits per heavy atom. The number of amides is 1. The molecule has 124 valence electrons. The molecule has 21 heavy (non-hydrogen) atoms. The number of piperidine rings is 1. The number of rotatable bonds is 5.